The molecule has 1 heterocycles. The van der Waals surface area contributed by atoms with E-state index in [4.69, 9.17) is 4.74 Å². The van der Waals surface area contributed by atoms with E-state index in [0.29, 0.717) is 18.1 Å². The van der Waals surface area contributed by atoms with Crippen molar-refractivity contribution in [1.82, 2.24) is 4.98 Å². The Kier molecular flexibility index (Phi) is 6.25. The Hall–Kier alpha value is -3.80. The highest BCUT2D eigenvalue weighted by Crippen LogP contribution is 2.24. The second-order valence-corrected chi connectivity index (χ2v) is 5.90. The summed E-state index contributed by atoms with van der Waals surface area (Å²) in [5.41, 5.74) is 2.20. The first-order valence-corrected chi connectivity index (χ1v) is 8.87. The van der Waals surface area contributed by atoms with Gasteiger partial charge in [0.1, 0.15) is 11.5 Å². The fourth-order valence-corrected chi connectivity index (χ4v) is 2.48. The summed E-state index contributed by atoms with van der Waals surface area (Å²) >= 11 is 0. The molecule has 0 radical (unpaired) electrons. The van der Waals surface area contributed by atoms with E-state index in [-0.39, 0.29) is 11.7 Å². The molecule has 0 bridgehead atoms. The normalized spacial score (nSPS) is 10.6. The number of hydrogen-bond donors (Lipinski definition) is 3. The van der Waals surface area contributed by atoms with Crippen molar-refractivity contribution in [3.8, 4) is 11.5 Å². The van der Waals surface area contributed by atoms with E-state index < -0.39 is 0 Å². The van der Waals surface area contributed by atoms with Crippen LogP contribution in [-0.4, -0.2) is 22.6 Å². The van der Waals surface area contributed by atoms with Crippen molar-refractivity contribution in [3.63, 3.8) is 0 Å². The SMILES string of the molecule is CCOc1ccc(/C=C/C(=O)Nc2cccnc2Nc2ccc(O)cc2)cc1. The minimum atomic E-state index is -0.268. The lowest BCUT2D eigenvalue weighted by atomic mass is 10.2. The molecule has 0 atom stereocenters. The van der Waals surface area contributed by atoms with Crippen molar-refractivity contribution in [2.75, 3.05) is 17.2 Å². The van der Waals surface area contributed by atoms with Crippen molar-refractivity contribution in [3.05, 3.63) is 78.5 Å². The van der Waals surface area contributed by atoms with Crippen LogP contribution in [0.5, 0.6) is 11.5 Å². The van der Waals surface area contributed by atoms with Crippen molar-refractivity contribution in [2.24, 2.45) is 0 Å². The van der Waals surface area contributed by atoms with Crippen LogP contribution in [-0.2, 0) is 4.79 Å². The third kappa shape index (κ3) is 5.35. The van der Waals surface area contributed by atoms with Crippen molar-refractivity contribution in [2.45, 2.75) is 6.92 Å². The summed E-state index contributed by atoms with van der Waals surface area (Å²) < 4.78 is 5.40. The summed E-state index contributed by atoms with van der Waals surface area (Å²) in [5.74, 6) is 1.22. The number of nitrogens with zero attached hydrogens (tertiary/aromatic N) is 1. The summed E-state index contributed by atoms with van der Waals surface area (Å²) in [6.45, 7) is 2.55. The zero-order chi connectivity index (χ0) is 19.8. The van der Waals surface area contributed by atoms with Crippen LogP contribution in [0.2, 0.25) is 0 Å². The summed E-state index contributed by atoms with van der Waals surface area (Å²) in [7, 11) is 0. The molecular formula is C22H21N3O3. The third-order valence-corrected chi connectivity index (χ3v) is 3.81. The van der Waals surface area contributed by atoms with Crippen molar-refractivity contribution in [1.29, 1.82) is 0 Å². The van der Waals surface area contributed by atoms with Crippen LogP contribution in [0.3, 0.4) is 0 Å². The Labute approximate surface area is 163 Å². The molecule has 0 saturated heterocycles. The van der Waals surface area contributed by atoms with Crippen molar-refractivity contribution >= 4 is 29.2 Å². The number of phenols is 1. The monoisotopic (exact) mass is 375 g/mol. The summed E-state index contributed by atoms with van der Waals surface area (Å²) in [4.78, 5) is 16.6. The number of aromatic nitrogens is 1. The number of nitrogens with one attached hydrogen (secondary N) is 2. The summed E-state index contributed by atoms with van der Waals surface area (Å²) in [5, 5.41) is 15.3. The molecule has 0 aliphatic carbocycles. The lowest BCUT2D eigenvalue weighted by Gasteiger charge is -2.11. The number of carbonyl (C=O) groups excluding carboxylic acids is 1. The number of anilines is 3. The van der Waals surface area contributed by atoms with Gasteiger partial charge in [-0.05, 0) is 67.1 Å². The van der Waals surface area contributed by atoms with E-state index in [1.807, 2.05) is 31.2 Å². The van der Waals surface area contributed by atoms with Crippen molar-refractivity contribution < 1.29 is 14.6 Å². The molecule has 142 valence electrons. The molecule has 0 fully saturated rings. The number of hydrogen-bond acceptors (Lipinski definition) is 5. The maximum absolute atomic E-state index is 12.3. The predicted molar refractivity (Wildman–Crippen MR) is 111 cm³/mol. The van der Waals surface area contributed by atoms with Gasteiger partial charge < -0.3 is 20.5 Å². The highest BCUT2D eigenvalue weighted by atomic mass is 16.5. The number of ether oxygens (including phenoxy) is 1. The number of pyridine rings is 1. The number of benzene rings is 2. The molecular weight excluding hydrogens is 354 g/mol. The van der Waals surface area contributed by atoms with Crippen LogP contribution in [0.1, 0.15) is 12.5 Å². The maximum Gasteiger partial charge on any atom is 0.248 e. The predicted octanol–water partition coefficient (Wildman–Crippen LogP) is 4.58. The molecule has 0 saturated carbocycles. The molecule has 0 aliphatic rings. The Morgan fingerprint density at radius 1 is 1.11 bits per heavy atom. The molecule has 2 aromatic carbocycles. The minimum absolute atomic E-state index is 0.180. The number of rotatable bonds is 7. The molecule has 6 nitrogen and oxygen atoms in total. The van der Waals surface area contributed by atoms with Crippen LogP contribution in [0.25, 0.3) is 6.08 Å². The van der Waals surface area contributed by atoms with Gasteiger partial charge in [0.25, 0.3) is 0 Å². The van der Waals surface area contributed by atoms with Crippen LogP contribution in [0.15, 0.2) is 72.9 Å². The average molecular weight is 375 g/mol. The zero-order valence-corrected chi connectivity index (χ0v) is 15.4. The van der Waals surface area contributed by atoms with Gasteiger partial charge in [-0.15, -0.1) is 0 Å². The van der Waals surface area contributed by atoms with Gasteiger partial charge in [-0.25, -0.2) is 4.98 Å². The van der Waals surface area contributed by atoms with Crippen LogP contribution in [0.4, 0.5) is 17.2 Å². The fourth-order valence-electron chi connectivity index (χ4n) is 2.48. The van der Waals surface area contributed by atoms with E-state index in [2.05, 4.69) is 15.6 Å². The maximum atomic E-state index is 12.3. The fraction of sp³-hybridized carbons (Fsp3) is 0.0909. The first kappa shape index (κ1) is 19.0. The third-order valence-electron chi connectivity index (χ3n) is 3.81. The lowest BCUT2D eigenvalue weighted by Crippen LogP contribution is -2.10. The quantitative estimate of drug-likeness (QED) is 0.416. The minimum Gasteiger partial charge on any atom is -0.508 e. The van der Waals surface area contributed by atoms with Crippen LogP contribution in [0, 0.1) is 0 Å². The van der Waals surface area contributed by atoms with Gasteiger partial charge in [0.05, 0.1) is 12.3 Å². The van der Waals surface area contributed by atoms with E-state index in [9.17, 15) is 9.90 Å². The highest BCUT2D eigenvalue weighted by Gasteiger charge is 2.06. The smallest absolute Gasteiger partial charge is 0.248 e. The Bertz CT molecular complexity index is 952. The Morgan fingerprint density at radius 2 is 1.86 bits per heavy atom. The Balaban J connectivity index is 1.66. The number of phenolic OH excluding ortho intramolecular Hbond substituents is 1. The Morgan fingerprint density at radius 3 is 2.57 bits per heavy atom. The molecule has 28 heavy (non-hydrogen) atoms. The molecule has 3 N–H and O–H groups in total. The van der Waals surface area contributed by atoms with Gasteiger partial charge in [-0.1, -0.05) is 12.1 Å². The van der Waals surface area contributed by atoms with Gasteiger partial charge >= 0.3 is 0 Å². The zero-order valence-electron chi connectivity index (χ0n) is 15.4. The van der Waals surface area contributed by atoms with E-state index >= 15 is 0 Å². The standard InChI is InChI=1S/C22H21N3O3/c1-2-28-19-12-5-16(6-13-19)7-14-21(27)25-20-4-3-15-23-22(20)24-17-8-10-18(26)11-9-17/h3-15,26H,2H2,1H3,(H,23,24)(H,25,27)/b14-7+. The molecule has 0 aliphatic heterocycles. The van der Waals surface area contributed by atoms with Crippen LogP contribution >= 0.6 is 0 Å². The van der Waals surface area contributed by atoms with Crippen LogP contribution < -0.4 is 15.4 Å². The van der Waals surface area contributed by atoms with Gasteiger partial charge in [0, 0.05) is 18.0 Å². The summed E-state index contributed by atoms with van der Waals surface area (Å²) in [6.07, 6.45) is 4.83. The number of carbonyl (C=O) groups is 1. The number of aromatic hydroxyl groups is 1. The summed E-state index contributed by atoms with van der Waals surface area (Å²) in [6, 6.07) is 17.6. The average Bonchev–Trinajstić information content (AvgIpc) is 2.71. The highest BCUT2D eigenvalue weighted by molar-refractivity contribution is 6.03. The topological polar surface area (TPSA) is 83.5 Å². The van der Waals surface area contributed by atoms with Gasteiger partial charge in [0.2, 0.25) is 5.91 Å². The second-order valence-electron chi connectivity index (χ2n) is 5.90. The molecule has 1 amide bonds. The van der Waals surface area contributed by atoms with E-state index in [1.165, 1.54) is 6.08 Å². The molecule has 1 aromatic heterocycles. The largest absolute Gasteiger partial charge is 0.508 e. The molecule has 3 aromatic rings. The molecule has 3 rings (SSSR count). The molecule has 0 unspecified atom stereocenters. The first-order chi connectivity index (χ1) is 13.6. The van der Waals surface area contributed by atoms with Gasteiger partial charge in [-0.2, -0.15) is 0 Å². The number of amides is 1. The van der Waals surface area contributed by atoms with E-state index in [0.717, 1.165) is 17.0 Å². The van der Waals surface area contributed by atoms with E-state index in [1.54, 1.807) is 48.7 Å². The molecule has 6 heteroatoms. The van der Waals surface area contributed by atoms with Gasteiger partial charge in [-0.3, -0.25) is 4.79 Å². The second kappa shape index (κ2) is 9.23. The molecule has 0 spiro atoms. The first-order valence-electron chi connectivity index (χ1n) is 8.87. The van der Waals surface area contributed by atoms with Gasteiger partial charge in [0.15, 0.2) is 5.82 Å². The lowest BCUT2D eigenvalue weighted by molar-refractivity contribution is -0.111.